The van der Waals surface area contributed by atoms with Crippen LogP contribution in [0.1, 0.15) is 83.5 Å². The van der Waals surface area contributed by atoms with Crippen LogP contribution in [0.4, 0.5) is 0 Å². The summed E-state index contributed by atoms with van der Waals surface area (Å²) in [6, 6.07) is 0.0370. The van der Waals surface area contributed by atoms with Crippen LogP contribution < -0.4 is 5.43 Å². The number of hydrogen-bond acceptors (Lipinski definition) is 10. The quantitative estimate of drug-likeness (QED) is 0.111. The molecule has 0 saturated heterocycles. The first kappa shape index (κ1) is 32.6. The van der Waals surface area contributed by atoms with Crippen molar-refractivity contribution in [1.29, 1.82) is 0 Å². The van der Waals surface area contributed by atoms with Crippen LogP contribution in [-0.4, -0.2) is 115 Å². The lowest BCUT2D eigenvalue weighted by molar-refractivity contribution is -0.159. The lowest BCUT2D eigenvalue weighted by Gasteiger charge is -2.42. The predicted molar refractivity (Wildman–Crippen MR) is 133 cm³/mol. The number of aliphatic carboxylic acids is 2. The topological polar surface area (TPSA) is 177 Å². The van der Waals surface area contributed by atoms with Gasteiger partial charge < -0.3 is 30.6 Å². The number of aliphatic hydroxyl groups excluding tert-OH is 4. The summed E-state index contributed by atoms with van der Waals surface area (Å²) < 4.78 is 0. The highest BCUT2D eigenvalue weighted by atomic mass is 16.4. The number of nitrogens with zero attached hydrogens (tertiary/aromatic N) is 3. The van der Waals surface area contributed by atoms with Crippen LogP contribution in [0.15, 0.2) is 0 Å². The summed E-state index contributed by atoms with van der Waals surface area (Å²) in [5.74, 6) is -1.95. The molecule has 0 heterocycles. The Labute approximate surface area is 214 Å². The van der Waals surface area contributed by atoms with E-state index in [1.165, 1.54) is 37.0 Å². The van der Waals surface area contributed by atoms with Crippen molar-refractivity contribution in [2.24, 2.45) is 0 Å². The molecule has 12 nitrogen and oxygen atoms in total. The van der Waals surface area contributed by atoms with E-state index in [2.05, 4.69) is 5.43 Å². The van der Waals surface area contributed by atoms with Gasteiger partial charge in [-0.1, -0.05) is 57.8 Å². The molecule has 0 radical (unpaired) electrons. The zero-order valence-corrected chi connectivity index (χ0v) is 21.5. The minimum absolute atomic E-state index is 0.0370. The van der Waals surface area contributed by atoms with E-state index in [0.717, 1.165) is 38.5 Å². The molecule has 1 aliphatic carbocycles. The molecule has 2 unspecified atom stereocenters. The average Bonchev–Trinajstić information content (AvgIpc) is 2.84. The zero-order valence-electron chi connectivity index (χ0n) is 21.5. The molecule has 0 amide bonds. The summed E-state index contributed by atoms with van der Waals surface area (Å²) in [5.41, 5.74) is 3.07. The Morgan fingerprint density at radius 3 is 1.64 bits per heavy atom. The third-order valence-electron chi connectivity index (χ3n) is 6.66. The number of rotatable bonds is 16. The molecule has 0 bridgehead atoms. The second kappa shape index (κ2) is 19.7. The first-order valence-corrected chi connectivity index (χ1v) is 13.3. The van der Waals surface area contributed by atoms with Crippen molar-refractivity contribution in [2.45, 2.75) is 102 Å². The Bertz CT molecular complexity index is 578. The summed E-state index contributed by atoms with van der Waals surface area (Å²) in [6.45, 7) is -0.681. The van der Waals surface area contributed by atoms with Gasteiger partial charge in [0.2, 0.25) is 0 Å². The van der Waals surface area contributed by atoms with Crippen molar-refractivity contribution >= 4 is 11.9 Å². The molecule has 0 aromatic rings. The standard InChI is InChI=1S/C24H48N4O8/c29-18-21(31)26(22(32)19-30)16-17-27(28(15-13-24(35)36)25-14-12-23(33)34)20-10-8-6-4-2-1-3-5-7-9-11-20/h20-22,25,29-32H,1-19H2,(H,33,34)(H,35,36). The van der Waals surface area contributed by atoms with Crippen LogP contribution in [0.3, 0.4) is 0 Å². The van der Waals surface area contributed by atoms with Gasteiger partial charge in [-0.25, -0.2) is 15.3 Å². The molecule has 1 fully saturated rings. The molecule has 0 aliphatic heterocycles. The lowest BCUT2D eigenvalue weighted by Crippen LogP contribution is -2.59. The van der Waals surface area contributed by atoms with E-state index in [-0.39, 0.29) is 45.1 Å². The SMILES string of the molecule is O=C(O)CCNN(CCC(=O)O)N(CCN(C(O)CO)C(O)CO)C1CCCCCCCCCCC1. The fourth-order valence-corrected chi connectivity index (χ4v) is 4.66. The third kappa shape index (κ3) is 13.8. The van der Waals surface area contributed by atoms with E-state index in [1.807, 2.05) is 5.01 Å². The number of nitrogens with one attached hydrogen (secondary N) is 1. The van der Waals surface area contributed by atoms with Crippen molar-refractivity contribution < 1.29 is 40.2 Å². The van der Waals surface area contributed by atoms with Crippen LogP contribution in [0.2, 0.25) is 0 Å². The molecule has 12 heteroatoms. The number of aliphatic hydroxyl groups is 4. The van der Waals surface area contributed by atoms with E-state index in [0.29, 0.717) is 0 Å². The Morgan fingerprint density at radius 2 is 1.19 bits per heavy atom. The Kier molecular flexibility index (Phi) is 17.9. The summed E-state index contributed by atoms with van der Waals surface area (Å²) in [7, 11) is 0. The van der Waals surface area contributed by atoms with Crippen LogP contribution in [0.5, 0.6) is 0 Å². The number of carboxylic acids is 2. The Balaban J connectivity index is 3.15. The van der Waals surface area contributed by atoms with E-state index in [4.69, 9.17) is 5.11 Å². The van der Waals surface area contributed by atoms with Gasteiger partial charge in [-0.15, -0.1) is 0 Å². The second-order valence-electron chi connectivity index (χ2n) is 9.46. The smallest absolute Gasteiger partial charge is 0.304 e. The number of hydrogen-bond donors (Lipinski definition) is 7. The van der Waals surface area contributed by atoms with Crippen LogP contribution >= 0.6 is 0 Å². The van der Waals surface area contributed by atoms with Gasteiger partial charge in [-0.3, -0.25) is 9.59 Å². The van der Waals surface area contributed by atoms with E-state index < -0.39 is 37.6 Å². The molecule has 1 saturated carbocycles. The molecule has 0 aromatic heterocycles. The Morgan fingerprint density at radius 1 is 0.722 bits per heavy atom. The fourth-order valence-electron chi connectivity index (χ4n) is 4.66. The predicted octanol–water partition coefficient (Wildman–Crippen LogP) is 0.556. The molecule has 36 heavy (non-hydrogen) atoms. The summed E-state index contributed by atoms with van der Waals surface area (Å²) >= 11 is 0. The Hall–Kier alpha value is -1.38. The van der Waals surface area contributed by atoms with Gasteiger partial charge >= 0.3 is 11.9 Å². The fraction of sp³-hybridized carbons (Fsp3) is 0.917. The van der Waals surface area contributed by atoms with E-state index in [9.17, 15) is 35.1 Å². The molecule has 1 rings (SSSR count). The first-order valence-electron chi connectivity index (χ1n) is 13.3. The molecular weight excluding hydrogens is 472 g/mol. The molecular formula is C24H48N4O8. The molecule has 212 valence electrons. The van der Waals surface area contributed by atoms with Crippen molar-refractivity contribution in [2.75, 3.05) is 39.4 Å². The molecule has 0 spiro atoms. The van der Waals surface area contributed by atoms with Gasteiger partial charge in [0.1, 0.15) is 12.5 Å². The van der Waals surface area contributed by atoms with Gasteiger partial charge in [0.25, 0.3) is 0 Å². The van der Waals surface area contributed by atoms with Gasteiger partial charge in [0.05, 0.1) is 26.1 Å². The number of hydrazine groups is 2. The minimum atomic E-state index is -1.38. The van der Waals surface area contributed by atoms with Gasteiger partial charge in [0, 0.05) is 32.2 Å². The van der Waals surface area contributed by atoms with Gasteiger partial charge in [-0.05, 0) is 12.8 Å². The molecule has 2 atom stereocenters. The average molecular weight is 521 g/mol. The van der Waals surface area contributed by atoms with Crippen molar-refractivity contribution in [3.05, 3.63) is 0 Å². The van der Waals surface area contributed by atoms with Crippen LogP contribution in [-0.2, 0) is 9.59 Å². The second-order valence-corrected chi connectivity index (χ2v) is 9.46. The van der Waals surface area contributed by atoms with Gasteiger partial charge in [0.15, 0.2) is 0 Å². The van der Waals surface area contributed by atoms with Crippen LogP contribution in [0.25, 0.3) is 0 Å². The summed E-state index contributed by atoms with van der Waals surface area (Å²) in [4.78, 5) is 23.6. The highest BCUT2D eigenvalue weighted by Gasteiger charge is 2.28. The molecule has 7 N–H and O–H groups in total. The molecule has 1 aliphatic rings. The van der Waals surface area contributed by atoms with E-state index in [1.54, 1.807) is 5.12 Å². The monoisotopic (exact) mass is 520 g/mol. The molecule has 0 aromatic carbocycles. The zero-order chi connectivity index (χ0) is 26.8. The largest absolute Gasteiger partial charge is 0.481 e. The van der Waals surface area contributed by atoms with Crippen LogP contribution in [0, 0.1) is 0 Å². The number of carbonyl (C=O) groups is 2. The third-order valence-corrected chi connectivity index (χ3v) is 6.66. The first-order chi connectivity index (χ1) is 17.3. The maximum Gasteiger partial charge on any atom is 0.304 e. The minimum Gasteiger partial charge on any atom is -0.481 e. The summed E-state index contributed by atoms with van der Waals surface area (Å²) in [6.07, 6.45) is 8.96. The van der Waals surface area contributed by atoms with Crippen molar-refractivity contribution in [3.63, 3.8) is 0 Å². The van der Waals surface area contributed by atoms with Crippen molar-refractivity contribution in [3.8, 4) is 0 Å². The lowest BCUT2D eigenvalue weighted by atomic mass is 9.97. The number of carboxylic acid groups (broad SMARTS) is 2. The van der Waals surface area contributed by atoms with Crippen molar-refractivity contribution in [1.82, 2.24) is 20.5 Å². The highest BCUT2D eigenvalue weighted by Crippen LogP contribution is 2.22. The van der Waals surface area contributed by atoms with Gasteiger partial charge in [-0.2, -0.15) is 5.12 Å². The maximum absolute atomic E-state index is 11.4. The van der Waals surface area contributed by atoms with E-state index >= 15 is 0 Å². The summed E-state index contributed by atoms with van der Waals surface area (Å²) in [5, 5.41) is 61.3. The normalized spacial score (nSPS) is 18.6. The maximum atomic E-state index is 11.4. The highest BCUT2D eigenvalue weighted by molar-refractivity contribution is 5.67.